The van der Waals surface area contributed by atoms with E-state index in [-0.39, 0.29) is 28.5 Å². The zero-order valence-electron chi connectivity index (χ0n) is 21.1. The van der Waals surface area contributed by atoms with E-state index in [1.165, 1.54) is 16.2 Å². The lowest BCUT2D eigenvalue weighted by molar-refractivity contribution is -0.129. The van der Waals surface area contributed by atoms with E-state index >= 15 is 0 Å². The highest BCUT2D eigenvalue weighted by Crippen LogP contribution is 2.30. The molecule has 2 aromatic heterocycles. The zero-order chi connectivity index (χ0) is 26.0. The lowest BCUT2D eigenvalue weighted by Gasteiger charge is -2.38. The van der Waals surface area contributed by atoms with Crippen molar-refractivity contribution in [1.82, 2.24) is 18.8 Å². The van der Waals surface area contributed by atoms with Gasteiger partial charge in [0.1, 0.15) is 11.9 Å². The van der Waals surface area contributed by atoms with Gasteiger partial charge in [-0.05, 0) is 64.8 Å². The summed E-state index contributed by atoms with van der Waals surface area (Å²) in [4.78, 5) is 23.7. The summed E-state index contributed by atoms with van der Waals surface area (Å²) in [5.41, 5.74) is 1.25. The van der Waals surface area contributed by atoms with Crippen LogP contribution in [-0.4, -0.2) is 58.4 Å². The topological polar surface area (TPSA) is 106 Å². The number of likely N-dealkylation sites (tertiary alicyclic amines) is 1. The van der Waals surface area contributed by atoms with Crippen LogP contribution in [0, 0.1) is 6.92 Å². The van der Waals surface area contributed by atoms with E-state index in [2.05, 4.69) is 16.9 Å². The van der Waals surface area contributed by atoms with Crippen molar-refractivity contribution in [2.24, 2.45) is 0 Å². The number of nitrogens with zero attached hydrogens (tertiary/aromatic N) is 4. The third-order valence-corrected chi connectivity index (χ3v) is 8.25. The fraction of sp³-hybridized carbons (Fsp3) is 0.423. The molecule has 36 heavy (non-hydrogen) atoms. The van der Waals surface area contributed by atoms with Crippen LogP contribution < -0.4 is 5.32 Å². The summed E-state index contributed by atoms with van der Waals surface area (Å²) in [5, 5.41) is 4.04. The molecule has 0 radical (unpaired) electrons. The highest BCUT2D eigenvalue weighted by molar-refractivity contribution is 7.90. The molecule has 1 aromatic carbocycles. The van der Waals surface area contributed by atoms with Gasteiger partial charge in [0.15, 0.2) is 11.5 Å². The van der Waals surface area contributed by atoms with Crippen LogP contribution in [0.15, 0.2) is 54.1 Å². The molecule has 9 nitrogen and oxygen atoms in total. The Hall–Kier alpha value is -3.24. The smallest absolute Gasteiger partial charge is 0.269 e. The second-order valence-electron chi connectivity index (χ2n) is 9.16. The molecule has 0 spiro atoms. The van der Waals surface area contributed by atoms with Crippen molar-refractivity contribution >= 4 is 32.8 Å². The van der Waals surface area contributed by atoms with Gasteiger partial charge in [0.2, 0.25) is 5.91 Å². The van der Waals surface area contributed by atoms with Crippen LogP contribution in [-0.2, 0) is 19.6 Å². The van der Waals surface area contributed by atoms with Gasteiger partial charge in [0, 0.05) is 31.4 Å². The normalized spacial score (nSPS) is 19.3. The minimum Gasteiger partial charge on any atom is -0.371 e. The number of hydrogen-bond donors (Lipinski definition) is 1. The molecule has 4 rings (SSSR count). The minimum absolute atomic E-state index is 0.0597. The molecule has 0 aliphatic carbocycles. The Morgan fingerprint density at radius 3 is 2.64 bits per heavy atom. The van der Waals surface area contributed by atoms with Crippen molar-refractivity contribution in [3.63, 3.8) is 0 Å². The molecular formula is C26H33N5O4S. The van der Waals surface area contributed by atoms with Gasteiger partial charge in [-0.25, -0.2) is 22.4 Å². The molecule has 3 heterocycles. The van der Waals surface area contributed by atoms with Gasteiger partial charge in [-0.1, -0.05) is 24.3 Å². The van der Waals surface area contributed by atoms with Crippen molar-refractivity contribution in [2.75, 3.05) is 18.5 Å². The number of aryl methyl sites for hydroxylation is 1. The lowest BCUT2D eigenvalue weighted by atomic mass is 9.99. The number of anilines is 1. The van der Waals surface area contributed by atoms with Crippen LogP contribution in [0.5, 0.6) is 0 Å². The number of ether oxygens (including phenoxy) is 1. The largest absolute Gasteiger partial charge is 0.371 e. The fourth-order valence-electron chi connectivity index (χ4n) is 4.49. The van der Waals surface area contributed by atoms with E-state index < -0.39 is 16.1 Å². The Bertz CT molecular complexity index is 1370. The van der Waals surface area contributed by atoms with Crippen LogP contribution in [0.3, 0.4) is 0 Å². The molecule has 1 aliphatic rings. The maximum Gasteiger partial charge on any atom is 0.269 e. The number of rotatable bonds is 8. The number of fused-ring (bicyclic) bond motifs is 1. The quantitative estimate of drug-likeness (QED) is 0.455. The summed E-state index contributed by atoms with van der Waals surface area (Å²) < 4.78 is 33.9. The highest BCUT2D eigenvalue weighted by Gasteiger charge is 2.29. The van der Waals surface area contributed by atoms with Crippen molar-refractivity contribution in [3.8, 4) is 0 Å². The molecule has 1 aliphatic heterocycles. The summed E-state index contributed by atoms with van der Waals surface area (Å²) in [6.07, 6.45) is 4.07. The average molecular weight is 512 g/mol. The first kappa shape index (κ1) is 25.8. The lowest BCUT2D eigenvalue weighted by Crippen LogP contribution is -2.49. The second kappa shape index (κ2) is 10.4. The number of piperidine rings is 1. The van der Waals surface area contributed by atoms with Gasteiger partial charge in [-0.2, -0.15) is 0 Å². The highest BCUT2D eigenvalue weighted by atomic mass is 32.2. The number of carbonyl (C=O) groups is 1. The van der Waals surface area contributed by atoms with Crippen LogP contribution >= 0.6 is 0 Å². The predicted molar refractivity (Wildman–Crippen MR) is 139 cm³/mol. The Balaban J connectivity index is 1.77. The minimum atomic E-state index is -3.88. The van der Waals surface area contributed by atoms with Crippen LogP contribution in [0.1, 0.15) is 51.1 Å². The Morgan fingerprint density at radius 1 is 1.25 bits per heavy atom. The molecular weight excluding hydrogens is 478 g/mol. The van der Waals surface area contributed by atoms with E-state index in [0.29, 0.717) is 30.2 Å². The number of carbonyl (C=O) groups excluding carboxylic acids is 1. The first-order valence-electron chi connectivity index (χ1n) is 12.2. The third kappa shape index (κ3) is 5.01. The average Bonchev–Trinajstić information content (AvgIpc) is 3.30. The zero-order valence-corrected chi connectivity index (χ0v) is 22.0. The predicted octanol–water partition coefficient (Wildman–Crippen LogP) is 4.05. The molecule has 1 N–H and O–H groups in total. The SMILES string of the molecule is C=CC(=O)N1C[C@H](Nc2nc(C(C)OCC)nc3c2ccn3S(=O)(=O)c2ccc(C)cc2)CC[C@@H]1C. The second-order valence-corrected chi connectivity index (χ2v) is 11.0. The number of nitrogens with one attached hydrogen (secondary N) is 1. The van der Waals surface area contributed by atoms with Gasteiger partial charge in [0.05, 0.1) is 10.3 Å². The molecule has 1 amide bonds. The number of aromatic nitrogens is 3. The molecule has 3 aromatic rings. The molecule has 1 unspecified atom stereocenters. The number of hydrogen-bond acceptors (Lipinski definition) is 7. The van der Waals surface area contributed by atoms with Crippen molar-refractivity contribution < 1.29 is 17.9 Å². The summed E-state index contributed by atoms with van der Waals surface area (Å²) in [6, 6.07) is 8.48. The van der Waals surface area contributed by atoms with E-state index in [1.807, 2.05) is 27.7 Å². The first-order chi connectivity index (χ1) is 17.1. The van der Waals surface area contributed by atoms with Crippen LogP contribution in [0.2, 0.25) is 0 Å². The van der Waals surface area contributed by atoms with Crippen LogP contribution in [0.4, 0.5) is 5.82 Å². The summed E-state index contributed by atoms with van der Waals surface area (Å²) in [7, 11) is -3.88. The van der Waals surface area contributed by atoms with Gasteiger partial charge in [-0.15, -0.1) is 0 Å². The maximum absolute atomic E-state index is 13.5. The van der Waals surface area contributed by atoms with E-state index in [1.54, 1.807) is 35.2 Å². The third-order valence-electron chi connectivity index (χ3n) is 6.57. The standard InChI is InChI=1S/C26H33N5O4S/c1-6-23(32)30-16-20(11-10-18(30)4)27-25-22-14-15-31(26(22)29-24(28-25)19(5)35-7-2)36(33,34)21-12-8-17(3)9-13-21/h6,8-9,12-15,18-20H,1,7,10-11,16H2,2-5H3,(H,27,28,29)/t18-,19?,20+/m0/s1. The van der Waals surface area contributed by atoms with Crippen molar-refractivity contribution in [2.45, 2.75) is 63.6 Å². The molecule has 3 atom stereocenters. The van der Waals surface area contributed by atoms with Gasteiger partial charge in [0.25, 0.3) is 10.0 Å². The molecule has 1 fully saturated rings. The molecule has 10 heteroatoms. The molecule has 192 valence electrons. The van der Waals surface area contributed by atoms with Crippen molar-refractivity contribution in [3.05, 3.63) is 60.6 Å². The maximum atomic E-state index is 13.5. The fourth-order valence-corrected chi connectivity index (χ4v) is 5.78. The molecule has 0 bridgehead atoms. The van der Waals surface area contributed by atoms with Gasteiger partial charge in [-0.3, -0.25) is 4.79 Å². The van der Waals surface area contributed by atoms with Crippen LogP contribution in [0.25, 0.3) is 11.0 Å². The van der Waals surface area contributed by atoms with E-state index in [0.717, 1.165) is 18.4 Å². The Labute approximate surface area is 212 Å². The van der Waals surface area contributed by atoms with Gasteiger partial charge >= 0.3 is 0 Å². The monoisotopic (exact) mass is 511 g/mol. The van der Waals surface area contributed by atoms with E-state index in [9.17, 15) is 13.2 Å². The Morgan fingerprint density at radius 2 is 1.97 bits per heavy atom. The first-order valence-corrected chi connectivity index (χ1v) is 13.6. The summed E-state index contributed by atoms with van der Waals surface area (Å²) in [6.45, 7) is 12.2. The summed E-state index contributed by atoms with van der Waals surface area (Å²) >= 11 is 0. The summed E-state index contributed by atoms with van der Waals surface area (Å²) in [5.74, 6) is 0.793. The Kier molecular flexibility index (Phi) is 7.46. The van der Waals surface area contributed by atoms with E-state index in [4.69, 9.17) is 9.72 Å². The van der Waals surface area contributed by atoms with Crippen molar-refractivity contribution in [1.29, 1.82) is 0 Å². The molecule has 0 saturated carbocycles. The number of benzene rings is 1. The van der Waals surface area contributed by atoms with Gasteiger partial charge < -0.3 is 15.0 Å². The molecule has 1 saturated heterocycles. The number of amides is 1.